The molecule has 0 aliphatic rings. The SMILES string of the molecule is C=CCn1c(N/N=C\c2c(O)ccc3ccccc23)nc2ccccc2c1=O. The molecular formula is C22H18N4O2. The monoisotopic (exact) mass is 370 g/mol. The Hall–Kier alpha value is -3.93. The minimum Gasteiger partial charge on any atom is -0.507 e. The summed E-state index contributed by atoms with van der Waals surface area (Å²) in [5, 5.41) is 16.9. The Labute approximate surface area is 161 Å². The fourth-order valence-corrected chi connectivity index (χ4v) is 3.13. The second-order valence-corrected chi connectivity index (χ2v) is 6.25. The van der Waals surface area contributed by atoms with Gasteiger partial charge in [-0.3, -0.25) is 9.36 Å². The normalized spacial score (nSPS) is 11.3. The van der Waals surface area contributed by atoms with Crippen molar-refractivity contribution in [2.45, 2.75) is 6.54 Å². The van der Waals surface area contributed by atoms with Crippen LogP contribution in [0.3, 0.4) is 0 Å². The lowest BCUT2D eigenvalue weighted by molar-refractivity contribution is 0.475. The molecule has 0 amide bonds. The van der Waals surface area contributed by atoms with Crippen molar-refractivity contribution in [1.29, 1.82) is 0 Å². The molecule has 0 fully saturated rings. The summed E-state index contributed by atoms with van der Waals surface area (Å²) in [5.41, 5.74) is 3.83. The number of phenols is 1. The van der Waals surface area contributed by atoms with Crippen LogP contribution in [0.15, 0.2) is 83.2 Å². The number of benzene rings is 3. The van der Waals surface area contributed by atoms with Gasteiger partial charge in [0.1, 0.15) is 5.75 Å². The molecule has 6 heteroatoms. The second kappa shape index (κ2) is 7.36. The third kappa shape index (κ3) is 3.12. The summed E-state index contributed by atoms with van der Waals surface area (Å²) in [6.45, 7) is 4.00. The van der Waals surface area contributed by atoms with Crippen LogP contribution in [0.2, 0.25) is 0 Å². The van der Waals surface area contributed by atoms with Crippen LogP contribution in [0, 0.1) is 0 Å². The summed E-state index contributed by atoms with van der Waals surface area (Å²) in [5.74, 6) is 0.429. The van der Waals surface area contributed by atoms with Gasteiger partial charge in [0, 0.05) is 12.1 Å². The first-order chi connectivity index (χ1) is 13.7. The van der Waals surface area contributed by atoms with Gasteiger partial charge in [-0.15, -0.1) is 6.58 Å². The van der Waals surface area contributed by atoms with Gasteiger partial charge in [0.15, 0.2) is 0 Å². The van der Waals surface area contributed by atoms with Crippen molar-refractivity contribution in [3.05, 3.63) is 89.2 Å². The number of fused-ring (bicyclic) bond motifs is 2. The summed E-state index contributed by atoms with van der Waals surface area (Å²) in [7, 11) is 0. The molecule has 2 N–H and O–H groups in total. The zero-order valence-electron chi connectivity index (χ0n) is 15.0. The first-order valence-electron chi connectivity index (χ1n) is 8.79. The molecule has 0 saturated heterocycles. The van der Waals surface area contributed by atoms with Gasteiger partial charge in [-0.2, -0.15) is 5.10 Å². The summed E-state index contributed by atoms with van der Waals surface area (Å²) in [6.07, 6.45) is 3.15. The Morgan fingerprint density at radius 2 is 1.82 bits per heavy atom. The van der Waals surface area contributed by atoms with Crippen LogP contribution in [0.1, 0.15) is 5.56 Å². The molecule has 0 atom stereocenters. The Morgan fingerprint density at radius 3 is 2.64 bits per heavy atom. The van der Waals surface area contributed by atoms with Crippen molar-refractivity contribution < 1.29 is 5.11 Å². The highest BCUT2D eigenvalue weighted by Gasteiger charge is 2.09. The van der Waals surface area contributed by atoms with Crippen molar-refractivity contribution in [2.75, 3.05) is 5.43 Å². The van der Waals surface area contributed by atoms with Crippen LogP contribution < -0.4 is 11.0 Å². The first-order valence-corrected chi connectivity index (χ1v) is 8.79. The molecular weight excluding hydrogens is 352 g/mol. The van der Waals surface area contributed by atoms with Crippen LogP contribution in [0.25, 0.3) is 21.7 Å². The van der Waals surface area contributed by atoms with E-state index in [4.69, 9.17) is 0 Å². The average Bonchev–Trinajstić information content (AvgIpc) is 2.72. The van der Waals surface area contributed by atoms with Crippen LogP contribution in [-0.4, -0.2) is 20.9 Å². The zero-order chi connectivity index (χ0) is 19.5. The molecule has 138 valence electrons. The molecule has 6 nitrogen and oxygen atoms in total. The van der Waals surface area contributed by atoms with Crippen molar-refractivity contribution in [2.24, 2.45) is 5.10 Å². The number of allylic oxidation sites excluding steroid dienone is 1. The molecule has 3 aromatic carbocycles. The van der Waals surface area contributed by atoms with Crippen molar-refractivity contribution in [1.82, 2.24) is 9.55 Å². The second-order valence-electron chi connectivity index (χ2n) is 6.25. The molecule has 1 aromatic heterocycles. The van der Waals surface area contributed by atoms with Crippen LogP contribution in [0.4, 0.5) is 5.95 Å². The van der Waals surface area contributed by atoms with E-state index >= 15 is 0 Å². The van der Waals surface area contributed by atoms with E-state index in [2.05, 4.69) is 22.1 Å². The standard InChI is InChI=1S/C22H18N4O2/c1-2-13-26-21(28)17-9-5-6-10-19(17)24-22(26)25-23-14-18-16-8-4-3-7-15(16)11-12-20(18)27/h2-12,14,27H,1,13H2,(H,24,25)/b23-14-. The fraction of sp³-hybridized carbons (Fsp3) is 0.0455. The molecule has 0 aliphatic carbocycles. The number of nitrogens with zero attached hydrogens (tertiary/aromatic N) is 3. The quantitative estimate of drug-likeness (QED) is 0.317. The van der Waals surface area contributed by atoms with Crippen LogP contribution in [-0.2, 0) is 6.54 Å². The highest BCUT2D eigenvalue weighted by atomic mass is 16.3. The number of hydrogen-bond acceptors (Lipinski definition) is 5. The largest absolute Gasteiger partial charge is 0.507 e. The van der Waals surface area contributed by atoms with Crippen LogP contribution in [0.5, 0.6) is 5.75 Å². The Bertz CT molecular complexity index is 1270. The van der Waals surface area contributed by atoms with Crippen LogP contribution >= 0.6 is 0 Å². The minimum absolute atomic E-state index is 0.124. The number of hydrogen-bond donors (Lipinski definition) is 2. The van der Waals surface area contributed by atoms with Gasteiger partial charge in [0.25, 0.3) is 5.56 Å². The van der Waals surface area contributed by atoms with Gasteiger partial charge >= 0.3 is 0 Å². The molecule has 0 unspecified atom stereocenters. The van der Waals surface area contributed by atoms with E-state index in [1.807, 2.05) is 36.4 Å². The predicted octanol–water partition coefficient (Wildman–Crippen LogP) is 3.89. The number of nitrogens with one attached hydrogen (secondary N) is 1. The molecule has 0 bridgehead atoms. The van der Waals surface area contributed by atoms with Crippen molar-refractivity contribution in [3.8, 4) is 5.75 Å². The lowest BCUT2D eigenvalue weighted by Gasteiger charge is -2.11. The number of para-hydroxylation sites is 1. The van der Waals surface area contributed by atoms with E-state index in [1.165, 1.54) is 10.8 Å². The van der Waals surface area contributed by atoms with Crippen molar-refractivity contribution >= 4 is 33.8 Å². The molecule has 0 spiro atoms. The van der Waals surface area contributed by atoms with E-state index in [9.17, 15) is 9.90 Å². The topological polar surface area (TPSA) is 79.5 Å². The minimum atomic E-state index is -0.170. The maximum atomic E-state index is 12.7. The highest BCUT2D eigenvalue weighted by molar-refractivity contribution is 6.02. The summed E-state index contributed by atoms with van der Waals surface area (Å²) < 4.78 is 1.47. The Kier molecular flexibility index (Phi) is 4.60. The van der Waals surface area contributed by atoms with Gasteiger partial charge in [-0.1, -0.05) is 48.5 Å². The van der Waals surface area contributed by atoms with E-state index < -0.39 is 0 Å². The third-order valence-corrected chi connectivity index (χ3v) is 4.48. The number of aromatic nitrogens is 2. The number of hydrazone groups is 1. The predicted molar refractivity (Wildman–Crippen MR) is 113 cm³/mol. The molecule has 28 heavy (non-hydrogen) atoms. The lowest BCUT2D eigenvalue weighted by Crippen LogP contribution is -2.23. The highest BCUT2D eigenvalue weighted by Crippen LogP contribution is 2.25. The molecule has 0 saturated carbocycles. The third-order valence-electron chi connectivity index (χ3n) is 4.48. The van der Waals surface area contributed by atoms with Gasteiger partial charge < -0.3 is 5.11 Å². The summed E-state index contributed by atoms with van der Waals surface area (Å²) >= 11 is 0. The molecule has 4 rings (SSSR count). The summed E-state index contributed by atoms with van der Waals surface area (Å²) in [4.78, 5) is 17.2. The molecule has 1 heterocycles. The van der Waals surface area contributed by atoms with Crippen molar-refractivity contribution in [3.63, 3.8) is 0 Å². The smallest absolute Gasteiger partial charge is 0.263 e. The van der Waals surface area contributed by atoms with Gasteiger partial charge in [-0.25, -0.2) is 10.4 Å². The van der Waals surface area contributed by atoms with E-state index in [1.54, 1.807) is 30.3 Å². The number of phenolic OH excluding ortho intramolecular Hbond substituents is 1. The van der Waals surface area contributed by atoms with Gasteiger partial charge in [-0.05, 0) is 29.0 Å². The molecule has 0 radical (unpaired) electrons. The molecule has 4 aromatic rings. The average molecular weight is 370 g/mol. The fourth-order valence-electron chi connectivity index (χ4n) is 3.13. The summed E-state index contributed by atoms with van der Waals surface area (Å²) in [6, 6.07) is 18.3. The zero-order valence-corrected chi connectivity index (χ0v) is 15.0. The Balaban J connectivity index is 1.75. The van der Waals surface area contributed by atoms with Gasteiger partial charge in [0.2, 0.25) is 5.95 Å². The lowest BCUT2D eigenvalue weighted by atomic mass is 10.0. The van der Waals surface area contributed by atoms with E-state index in [0.29, 0.717) is 29.0 Å². The van der Waals surface area contributed by atoms with Gasteiger partial charge in [0.05, 0.1) is 17.1 Å². The maximum Gasteiger partial charge on any atom is 0.263 e. The number of rotatable bonds is 5. The van der Waals surface area contributed by atoms with E-state index in [0.717, 1.165) is 10.8 Å². The number of anilines is 1. The maximum absolute atomic E-state index is 12.7. The Morgan fingerprint density at radius 1 is 1.07 bits per heavy atom. The van der Waals surface area contributed by atoms with E-state index in [-0.39, 0.29) is 11.3 Å². The number of aromatic hydroxyl groups is 1. The first kappa shape index (κ1) is 17.5. The molecule has 0 aliphatic heterocycles.